The minimum absolute atomic E-state index is 0.0960. The summed E-state index contributed by atoms with van der Waals surface area (Å²) in [6, 6.07) is 7.52. The third-order valence-electron chi connectivity index (χ3n) is 5.60. The first-order valence-electron chi connectivity index (χ1n) is 8.94. The number of nitrogens with zero attached hydrogens (tertiary/aromatic N) is 3. The van der Waals surface area contributed by atoms with E-state index in [-0.39, 0.29) is 5.91 Å². The summed E-state index contributed by atoms with van der Waals surface area (Å²) in [6.07, 6.45) is 3.86. The van der Waals surface area contributed by atoms with E-state index in [0.717, 1.165) is 50.4 Å². The second-order valence-electron chi connectivity index (χ2n) is 7.08. The Morgan fingerprint density at radius 1 is 1.24 bits per heavy atom. The van der Waals surface area contributed by atoms with E-state index < -0.39 is 0 Å². The molecule has 0 unspecified atom stereocenters. The van der Waals surface area contributed by atoms with Crippen molar-refractivity contribution in [2.24, 2.45) is 11.8 Å². The van der Waals surface area contributed by atoms with E-state index in [1.165, 1.54) is 0 Å². The van der Waals surface area contributed by atoms with Crippen LogP contribution < -0.4 is 5.32 Å². The van der Waals surface area contributed by atoms with Gasteiger partial charge >= 0.3 is 0 Å². The Labute approximate surface area is 153 Å². The van der Waals surface area contributed by atoms with Crippen molar-refractivity contribution >= 4 is 17.5 Å². The Kier molecular flexibility index (Phi) is 4.52. The predicted octanol–water partition coefficient (Wildman–Crippen LogP) is 2.91. The molecule has 2 saturated heterocycles. The molecule has 4 rings (SSSR count). The summed E-state index contributed by atoms with van der Waals surface area (Å²) in [5, 5.41) is 8.56. The number of carbonyl (C=O) groups excluding carboxylic acids is 1. The average Bonchev–Trinajstić information content (AvgIpc) is 3.16. The summed E-state index contributed by atoms with van der Waals surface area (Å²) in [5.74, 6) is 1.53. The monoisotopic (exact) mass is 358 g/mol. The van der Waals surface area contributed by atoms with Crippen LogP contribution in [-0.4, -0.2) is 46.8 Å². The van der Waals surface area contributed by atoms with E-state index in [1.54, 1.807) is 10.9 Å². The lowest BCUT2D eigenvalue weighted by Crippen LogP contribution is -2.33. The van der Waals surface area contributed by atoms with Crippen LogP contribution in [0.15, 0.2) is 30.5 Å². The molecule has 2 atom stereocenters. The summed E-state index contributed by atoms with van der Waals surface area (Å²) >= 11 is 6.08. The lowest BCUT2D eigenvalue weighted by Gasteiger charge is -2.20. The van der Waals surface area contributed by atoms with Gasteiger partial charge in [0.1, 0.15) is 0 Å². The minimum Gasteiger partial charge on any atom is -0.339 e. The molecular formula is C19H23ClN4O. The van der Waals surface area contributed by atoms with Crippen molar-refractivity contribution in [1.82, 2.24) is 20.0 Å². The fourth-order valence-electron chi connectivity index (χ4n) is 4.08. The molecule has 1 aromatic heterocycles. The third-order valence-corrected chi connectivity index (χ3v) is 5.83. The molecule has 1 aromatic carbocycles. The van der Waals surface area contributed by atoms with Gasteiger partial charge in [-0.15, -0.1) is 0 Å². The van der Waals surface area contributed by atoms with Crippen LogP contribution in [0, 0.1) is 18.8 Å². The molecule has 25 heavy (non-hydrogen) atoms. The molecule has 2 fully saturated rings. The molecule has 2 aliphatic rings. The summed E-state index contributed by atoms with van der Waals surface area (Å²) in [7, 11) is 0. The number of benzene rings is 1. The highest BCUT2D eigenvalue weighted by Gasteiger charge is 2.32. The molecular weight excluding hydrogens is 336 g/mol. The number of aromatic nitrogens is 2. The highest BCUT2D eigenvalue weighted by Crippen LogP contribution is 2.28. The van der Waals surface area contributed by atoms with Crippen molar-refractivity contribution in [3.8, 4) is 5.69 Å². The van der Waals surface area contributed by atoms with Gasteiger partial charge < -0.3 is 10.2 Å². The maximum absolute atomic E-state index is 13.0. The van der Waals surface area contributed by atoms with Gasteiger partial charge in [-0.05, 0) is 62.9 Å². The summed E-state index contributed by atoms with van der Waals surface area (Å²) in [5.41, 5.74) is 2.42. The van der Waals surface area contributed by atoms with E-state index in [0.29, 0.717) is 22.4 Å². The molecule has 2 aliphatic heterocycles. The smallest absolute Gasteiger partial charge is 0.257 e. The number of carbonyl (C=O) groups is 1. The number of amides is 1. The fraction of sp³-hybridized carbons (Fsp3) is 0.474. The first-order chi connectivity index (χ1) is 12.1. The third kappa shape index (κ3) is 3.18. The van der Waals surface area contributed by atoms with Gasteiger partial charge in [0.15, 0.2) is 0 Å². The predicted molar refractivity (Wildman–Crippen MR) is 98.3 cm³/mol. The van der Waals surface area contributed by atoms with E-state index >= 15 is 0 Å². The molecule has 132 valence electrons. The Morgan fingerprint density at radius 2 is 1.96 bits per heavy atom. The van der Waals surface area contributed by atoms with E-state index in [1.807, 2.05) is 36.1 Å². The zero-order valence-electron chi connectivity index (χ0n) is 14.4. The van der Waals surface area contributed by atoms with Crippen LogP contribution in [0.25, 0.3) is 5.69 Å². The van der Waals surface area contributed by atoms with Gasteiger partial charge in [0.25, 0.3) is 5.91 Å². The minimum atomic E-state index is 0.0960. The van der Waals surface area contributed by atoms with Crippen LogP contribution in [0.3, 0.4) is 0 Å². The molecule has 0 spiro atoms. The normalized spacial score (nSPS) is 23.4. The molecule has 6 heteroatoms. The molecule has 1 N–H and O–H groups in total. The number of hydrogen-bond acceptors (Lipinski definition) is 3. The van der Waals surface area contributed by atoms with Crippen LogP contribution in [0.4, 0.5) is 0 Å². The van der Waals surface area contributed by atoms with Crippen molar-refractivity contribution < 1.29 is 4.79 Å². The zero-order valence-corrected chi connectivity index (χ0v) is 15.2. The fourth-order valence-corrected chi connectivity index (χ4v) is 4.26. The van der Waals surface area contributed by atoms with Crippen molar-refractivity contribution in [2.75, 3.05) is 26.2 Å². The van der Waals surface area contributed by atoms with Crippen molar-refractivity contribution in [3.63, 3.8) is 0 Å². The summed E-state index contributed by atoms with van der Waals surface area (Å²) < 4.78 is 1.79. The maximum atomic E-state index is 13.0. The molecule has 5 nitrogen and oxygen atoms in total. The Bertz CT molecular complexity index is 773. The summed E-state index contributed by atoms with van der Waals surface area (Å²) in [6.45, 7) is 5.81. The first kappa shape index (κ1) is 16.6. The molecule has 0 radical (unpaired) electrons. The van der Waals surface area contributed by atoms with Crippen molar-refractivity contribution in [2.45, 2.75) is 19.8 Å². The van der Waals surface area contributed by atoms with Crippen LogP contribution in [0.2, 0.25) is 5.02 Å². The van der Waals surface area contributed by atoms with E-state index in [4.69, 9.17) is 11.6 Å². The number of hydrogen-bond donors (Lipinski definition) is 1. The molecule has 1 amide bonds. The Hall–Kier alpha value is -1.85. The standard InChI is InChI=1S/C19H23ClN4O/c1-13-18(12-22-24(13)17-4-2-3-16(20)9-17)19(25)23-7-5-14-10-21-11-15(14)6-8-23/h2-4,9,12,14-15,21H,5-8,10-11H2,1H3/t14-,15+. The van der Waals surface area contributed by atoms with E-state index in [2.05, 4.69) is 10.4 Å². The van der Waals surface area contributed by atoms with Gasteiger partial charge in [0.05, 0.1) is 23.1 Å². The van der Waals surface area contributed by atoms with Gasteiger partial charge in [-0.1, -0.05) is 17.7 Å². The highest BCUT2D eigenvalue weighted by atomic mass is 35.5. The average molecular weight is 359 g/mol. The van der Waals surface area contributed by atoms with Crippen LogP contribution in [0.1, 0.15) is 28.9 Å². The summed E-state index contributed by atoms with van der Waals surface area (Å²) in [4.78, 5) is 15.0. The molecule has 0 bridgehead atoms. The maximum Gasteiger partial charge on any atom is 0.257 e. The van der Waals surface area contributed by atoms with Gasteiger partial charge in [-0.3, -0.25) is 4.79 Å². The number of likely N-dealkylation sites (tertiary alicyclic amines) is 1. The van der Waals surface area contributed by atoms with Gasteiger partial charge in [-0.25, -0.2) is 4.68 Å². The van der Waals surface area contributed by atoms with Crippen molar-refractivity contribution in [3.05, 3.63) is 46.7 Å². The Balaban J connectivity index is 1.55. The molecule has 0 aliphatic carbocycles. The number of rotatable bonds is 2. The number of halogens is 1. The zero-order chi connectivity index (χ0) is 17.4. The van der Waals surface area contributed by atoms with Gasteiger partial charge in [0.2, 0.25) is 0 Å². The van der Waals surface area contributed by atoms with Crippen molar-refractivity contribution in [1.29, 1.82) is 0 Å². The van der Waals surface area contributed by atoms with Gasteiger partial charge in [-0.2, -0.15) is 5.10 Å². The molecule has 2 aromatic rings. The Morgan fingerprint density at radius 3 is 2.64 bits per heavy atom. The number of nitrogens with one attached hydrogen (secondary N) is 1. The molecule has 3 heterocycles. The number of fused-ring (bicyclic) bond motifs is 1. The first-order valence-corrected chi connectivity index (χ1v) is 9.32. The second kappa shape index (κ2) is 6.81. The van der Waals surface area contributed by atoms with E-state index in [9.17, 15) is 4.79 Å². The topological polar surface area (TPSA) is 50.2 Å². The van der Waals surface area contributed by atoms with Crippen LogP contribution in [0.5, 0.6) is 0 Å². The second-order valence-corrected chi connectivity index (χ2v) is 7.52. The molecule has 0 saturated carbocycles. The lowest BCUT2D eigenvalue weighted by molar-refractivity contribution is 0.0758. The van der Waals surface area contributed by atoms with Crippen LogP contribution in [-0.2, 0) is 0 Å². The SMILES string of the molecule is Cc1c(C(=O)N2CC[C@@H]3CNC[C@@H]3CC2)cnn1-c1cccc(Cl)c1. The highest BCUT2D eigenvalue weighted by molar-refractivity contribution is 6.30. The quantitative estimate of drug-likeness (QED) is 0.898. The van der Waals surface area contributed by atoms with Gasteiger partial charge in [0, 0.05) is 18.1 Å². The largest absolute Gasteiger partial charge is 0.339 e. The lowest BCUT2D eigenvalue weighted by atomic mass is 9.92. The van der Waals surface area contributed by atoms with Crippen LogP contribution >= 0.6 is 11.6 Å².